The Morgan fingerprint density at radius 3 is 2.57 bits per heavy atom. The molecule has 0 amide bonds. The van der Waals surface area contributed by atoms with Crippen molar-refractivity contribution >= 4 is 11.4 Å². The molecule has 1 aromatic carbocycles. The molecule has 0 aromatic heterocycles. The molecule has 2 rings (SSSR count). The summed E-state index contributed by atoms with van der Waals surface area (Å²) in [5, 5.41) is 14.0. The molecule has 21 heavy (non-hydrogen) atoms. The highest BCUT2D eigenvalue weighted by molar-refractivity contribution is 5.62. The molecule has 1 aliphatic heterocycles. The number of hydrogen-bond acceptors (Lipinski definition) is 5. The third kappa shape index (κ3) is 3.92. The molecule has 6 heteroatoms. The summed E-state index contributed by atoms with van der Waals surface area (Å²) in [6.07, 6.45) is 2.31. The minimum atomic E-state index is -0.326. The van der Waals surface area contributed by atoms with Gasteiger partial charge < -0.3 is 10.2 Å². The van der Waals surface area contributed by atoms with Crippen molar-refractivity contribution in [3.05, 3.63) is 33.9 Å². The first-order valence-electron chi connectivity index (χ1n) is 7.35. The molecule has 0 radical (unpaired) electrons. The van der Waals surface area contributed by atoms with E-state index in [1.807, 2.05) is 6.07 Å². The van der Waals surface area contributed by atoms with Gasteiger partial charge in [-0.1, -0.05) is 6.07 Å². The lowest BCUT2D eigenvalue weighted by Crippen LogP contribution is -2.41. The number of piperidine rings is 1. The number of nitro groups is 1. The van der Waals surface area contributed by atoms with Crippen LogP contribution in [0.1, 0.15) is 18.4 Å². The average molecular weight is 292 g/mol. The largest absolute Gasteiger partial charge is 0.383 e. The summed E-state index contributed by atoms with van der Waals surface area (Å²) in [5.41, 5.74) is 1.72. The number of rotatable bonds is 5. The zero-order valence-electron chi connectivity index (χ0n) is 13.0. The fourth-order valence-corrected chi connectivity index (χ4v) is 2.89. The van der Waals surface area contributed by atoms with Crippen LogP contribution in [0.5, 0.6) is 0 Å². The summed E-state index contributed by atoms with van der Waals surface area (Å²) in [7, 11) is 5.95. The predicted molar refractivity (Wildman–Crippen MR) is 84.6 cm³/mol. The zero-order chi connectivity index (χ0) is 15.4. The van der Waals surface area contributed by atoms with Gasteiger partial charge in [-0.05, 0) is 51.7 Å². The van der Waals surface area contributed by atoms with Crippen molar-refractivity contribution in [2.75, 3.05) is 39.5 Å². The number of benzene rings is 1. The van der Waals surface area contributed by atoms with Crippen LogP contribution < -0.4 is 5.32 Å². The van der Waals surface area contributed by atoms with Crippen LogP contribution in [0.15, 0.2) is 18.2 Å². The molecule has 0 unspecified atom stereocenters. The van der Waals surface area contributed by atoms with E-state index in [-0.39, 0.29) is 10.6 Å². The van der Waals surface area contributed by atoms with Gasteiger partial charge in [0.05, 0.1) is 4.92 Å². The van der Waals surface area contributed by atoms with Crippen LogP contribution in [-0.4, -0.2) is 55.0 Å². The summed E-state index contributed by atoms with van der Waals surface area (Å²) in [6.45, 7) is 2.87. The van der Waals surface area contributed by atoms with Gasteiger partial charge in [0.2, 0.25) is 0 Å². The maximum Gasteiger partial charge on any atom is 0.292 e. The smallest absolute Gasteiger partial charge is 0.292 e. The number of nitro benzene ring substituents is 1. The van der Waals surface area contributed by atoms with Crippen LogP contribution in [-0.2, 0) is 6.54 Å². The molecule has 0 atom stereocenters. The number of anilines is 1. The van der Waals surface area contributed by atoms with Crippen molar-refractivity contribution in [1.29, 1.82) is 0 Å². The van der Waals surface area contributed by atoms with Crippen LogP contribution in [0.3, 0.4) is 0 Å². The summed E-state index contributed by atoms with van der Waals surface area (Å²) >= 11 is 0. The van der Waals surface area contributed by atoms with E-state index in [0.717, 1.165) is 38.0 Å². The normalized spacial score (nSPS) is 17.1. The molecular weight excluding hydrogens is 268 g/mol. The molecule has 1 aliphatic rings. The van der Waals surface area contributed by atoms with Crippen molar-refractivity contribution in [1.82, 2.24) is 9.80 Å². The van der Waals surface area contributed by atoms with Gasteiger partial charge in [-0.3, -0.25) is 15.0 Å². The second-order valence-corrected chi connectivity index (χ2v) is 5.83. The minimum absolute atomic E-state index is 0.151. The molecule has 1 aromatic rings. The third-order valence-corrected chi connectivity index (χ3v) is 4.22. The molecule has 6 nitrogen and oxygen atoms in total. The molecule has 0 spiro atoms. The fourth-order valence-electron chi connectivity index (χ4n) is 2.89. The number of nitrogens with one attached hydrogen (secondary N) is 1. The lowest BCUT2D eigenvalue weighted by atomic mass is 10.0. The van der Waals surface area contributed by atoms with E-state index < -0.39 is 0 Å². The van der Waals surface area contributed by atoms with E-state index in [0.29, 0.717) is 11.7 Å². The Bertz CT molecular complexity index is 496. The lowest BCUT2D eigenvalue weighted by Gasteiger charge is -2.35. The van der Waals surface area contributed by atoms with Gasteiger partial charge in [0.1, 0.15) is 5.69 Å². The Morgan fingerprint density at radius 2 is 2.05 bits per heavy atom. The van der Waals surface area contributed by atoms with E-state index in [9.17, 15) is 10.1 Å². The quantitative estimate of drug-likeness (QED) is 0.665. The van der Waals surface area contributed by atoms with Crippen LogP contribution >= 0.6 is 0 Å². The van der Waals surface area contributed by atoms with Gasteiger partial charge in [-0.25, -0.2) is 0 Å². The predicted octanol–water partition coefficient (Wildman–Crippen LogP) is 2.16. The van der Waals surface area contributed by atoms with E-state index in [1.54, 1.807) is 19.2 Å². The van der Waals surface area contributed by atoms with Gasteiger partial charge in [0.15, 0.2) is 0 Å². The van der Waals surface area contributed by atoms with Crippen LogP contribution in [0.25, 0.3) is 0 Å². The molecule has 1 fully saturated rings. The second kappa shape index (κ2) is 6.87. The first-order chi connectivity index (χ1) is 10.0. The fraction of sp³-hybridized carbons (Fsp3) is 0.600. The second-order valence-electron chi connectivity index (χ2n) is 5.83. The highest BCUT2D eigenvalue weighted by Gasteiger charge is 2.21. The summed E-state index contributed by atoms with van der Waals surface area (Å²) in [4.78, 5) is 15.4. The maximum atomic E-state index is 11.1. The Hall–Kier alpha value is -1.66. The highest BCUT2D eigenvalue weighted by Crippen LogP contribution is 2.26. The van der Waals surface area contributed by atoms with Gasteiger partial charge >= 0.3 is 0 Å². The van der Waals surface area contributed by atoms with E-state index in [1.165, 1.54) is 0 Å². The van der Waals surface area contributed by atoms with Crippen molar-refractivity contribution in [3.8, 4) is 0 Å². The average Bonchev–Trinajstić information content (AvgIpc) is 2.47. The number of likely N-dealkylation sites (tertiary alicyclic amines) is 1. The van der Waals surface area contributed by atoms with Crippen molar-refractivity contribution < 1.29 is 4.92 Å². The Kier molecular flexibility index (Phi) is 5.14. The SMILES string of the molecule is CNc1ccc(CN2CCC(N(C)C)CC2)cc1[N+](=O)[O-]. The molecule has 0 aliphatic carbocycles. The Balaban J connectivity index is 2.01. The first-order valence-corrected chi connectivity index (χ1v) is 7.35. The molecule has 1 N–H and O–H groups in total. The van der Waals surface area contributed by atoms with E-state index >= 15 is 0 Å². The van der Waals surface area contributed by atoms with Crippen LogP contribution in [0, 0.1) is 10.1 Å². The van der Waals surface area contributed by atoms with Crippen LogP contribution in [0.4, 0.5) is 11.4 Å². The monoisotopic (exact) mass is 292 g/mol. The number of nitrogens with zero attached hydrogens (tertiary/aromatic N) is 3. The molecule has 0 saturated carbocycles. The molecular formula is C15H24N4O2. The van der Waals surface area contributed by atoms with Gasteiger partial charge in [-0.15, -0.1) is 0 Å². The Labute approximate surface area is 125 Å². The van der Waals surface area contributed by atoms with Crippen molar-refractivity contribution in [3.63, 3.8) is 0 Å². The molecule has 1 heterocycles. The summed E-state index contributed by atoms with van der Waals surface area (Å²) < 4.78 is 0. The molecule has 1 saturated heterocycles. The minimum Gasteiger partial charge on any atom is -0.383 e. The third-order valence-electron chi connectivity index (χ3n) is 4.22. The summed E-state index contributed by atoms with van der Waals surface area (Å²) in [6, 6.07) is 6.10. The lowest BCUT2D eigenvalue weighted by molar-refractivity contribution is -0.384. The van der Waals surface area contributed by atoms with Crippen molar-refractivity contribution in [2.45, 2.75) is 25.4 Å². The first kappa shape index (κ1) is 15.7. The highest BCUT2D eigenvalue weighted by atomic mass is 16.6. The number of hydrogen-bond donors (Lipinski definition) is 1. The zero-order valence-corrected chi connectivity index (χ0v) is 13.0. The standard InChI is InChI=1S/C15H24N4O2/c1-16-14-5-4-12(10-15(14)19(20)21)11-18-8-6-13(7-9-18)17(2)3/h4-5,10,13,16H,6-9,11H2,1-3H3. The van der Waals surface area contributed by atoms with E-state index in [2.05, 4.69) is 29.2 Å². The van der Waals surface area contributed by atoms with E-state index in [4.69, 9.17) is 0 Å². The Morgan fingerprint density at radius 1 is 1.38 bits per heavy atom. The maximum absolute atomic E-state index is 11.1. The topological polar surface area (TPSA) is 61.6 Å². The molecule has 116 valence electrons. The van der Waals surface area contributed by atoms with Crippen molar-refractivity contribution in [2.24, 2.45) is 0 Å². The van der Waals surface area contributed by atoms with Gasteiger partial charge in [0, 0.05) is 25.7 Å². The van der Waals surface area contributed by atoms with Gasteiger partial charge in [-0.2, -0.15) is 0 Å². The van der Waals surface area contributed by atoms with Crippen LogP contribution in [0.2, 0.25) is 0 Å². The summed E-state index contributed by atoms with van der Waals surface area (Å²) in [5.74, 6) is 0. The van der Waals surface area contributed by atoms with Gasteiger partial charge in [0.25, 0.3) is 5.69 Å². The molecule has 0 bridgehead atoms.